The molecule has 0 radical (unpaired) electrons. The van der Waals surface area contributed by atoms with Gasteiger partial charge in [0, 0.05) is 0 Å². The van der Waals surface area contributed by atoms with Crippen LogP contribution >= 0.6 is 17.0 Å². The molecule has 0 bridgehead atoms. The molecule has 1 aliphatic rings. The van der Waals surface area contributed by atoms with Crippen LogP contribution < -0.4 is 0 Å². The number of hydrogen-bond donors (Lipinski definition) is 0. The number of hydrogen-bond acceptors (Lipinski definition) is 0. The number of benzene rings is 3. The Morgan fingerprint density at radius 1 is 0.793 bits per heavy atom. The Morgan fingerprint density at radius 2 is 1.45 bits per heavy atom. The van der Waals surface area contributed by atoms with E-state index in [0.717, 1.165) is 0 Å². The van der Waals surface area contributed by atoms with E-state index >= 15 is 0 Å². The van der Waals surface area contributed by atoms with Gasteiger partial charge >= 0.3 is 190 Å². The van der Waals surface area contributed by atoms with E-state index in [-0.39, 0.29) is 9.04 Å². The Labute approximate surface area is 189 Å². The topological polar surface area (TPSA) is 0 Å². The van der Waals surface area contributed by atoms with Crippen LogP contribution in [0.3, 0.4) is 0 Å². The number of fused-ring (bicyclic) bond motifs is 1. The average molecular weight is 500 g/mol. The Morgan fingerprint density at radius 3 is 2.07 bits per heavy atom. The SMILES string of the molecule is Cc1ccccc1-c1c(-c2ccccc2)ccc2c1C=C(C(C)(C)C)[CH]2[Zr]([Cl])[Cl]. The van der Waals surface area contributed by atoms with Crippen molar-refractivity contribution in [3.05, 3.63) is 89.0 Å². The molecule has 0 N–H and O–H groups in total. The van der Waals surface area contributed by atoms with E-state index in [0.29, 0.717) is 0 Å². The second kappa shape index (κ2) is 8.18. The molecular weight excluding hydrogens is 474 g/mol. The summed E-state index contributed by atoms with van der Waals surface area (Å²) in [5.41, 5.74) is 10.4. The Kier molecular flexibility index (Phi) is 5.96. The first-order valence-corrected chi connectivity index (χ1v) is 17.7. The van der Waals surface area contributed by atoms with E-state index in [4.69, 9.17) is 17.0 Å². The van der Waals surface area contributed by atoms with Gasteiger partial charge in [0.2, 0.25) is 0 Å². The third-order valence-corrected chi connectivity index (χ3v) is 11.0. The number of aryl methyl sites for hydroxylation is 1. The average Bonchev–Trinajstić information content (AvgIpc) is 3.09. The molecule has 0 spiro atoms. The van der Waals surface area contributed by atoms with Crippen molar-refractivity contribution in [1.82, 2.24) is 0 Å². The van der Waals surface area contributed by atoms with Gasteiger partial charge in [0.1, 0.15) is 0 Å². The zero-order valence-electron chi connectivity index (χ0n) is 17.3. The van der Waals surface area contributed by atoms with Crippen molar-refractivity contribution in [1.29, 1.82) is 0 Å². The van der Waals surface area contributed by atoms with Crippen LogP contribution in [-0.2, 0) is 19.4 Å². The molecule has 1 unspecified atom stereocenters. The molecule has 0 aliphatic heterocycles. The predicted octanol–water partition coefficient (Wildman–Crippen LogP) is 8.74. The summed E-state index contributed by atoms with van der Waals surface area (Å²) >= 11 is -2.57. The van der Waals surface area contributed by atoms with Crippen LogP contribution in [0.25, 0.3) is 28.3 Å². The van der Waals surface area contributed by atoms with Gasteiger partial charge in [-0.15, -0.1) is 0 Å². The third-order valence-electron chi connectivity index (χ3n) is 5.78. The number of allylic oxidation sites excluding steroid dienone is 1. The number of halogens is 2. The van der Waals surface area contributed by atoms with Crippen LogP contribution in [0.2, 0.25) is 0 Å². The Balaban J connectivity index is 2.07. The molecule has 0 nitrogen and oxygen atoms in total. The molecule has 147 valence electrons. The fraction of sp³-hybridized carbons (Fsp3) is 0.231. The molecule has 0 aromatic heterocycles. The minimum absolute atomic E-state index is 0.0369. The summed E-state index contributed by atoms with van der Waals surface area (Å²) in [6.45, 7) is 8.99. The van der Waals surface area contributed by atoms with Gasteiger partial charge in [-0.05, 0) is 0 Å². The molecule has 0 heterocycles. The maximum absolute atomic E-state index is 6.72. The molecule has 4 rings (SSSR count). The van der Waals surface area contributed by atoms with Crippen molar-refractivity contribution in [3.8, 4) is 22.3 Å². The molecule has 0 fully saturated rings. The van der Waals surface area contributed by atoms with Crippen LogP contribution in [0.15, 0.2) is 72.3 Å². The van der Waals surface area contributed by atoms with Crippen molar-refractivity contribution in [2.75, 3.05) is 0 Å². The summed E-state index contributed by atoms with van der Waals surface area (Å²) in [5, 5.41) is 0. The van der Waals surface area contributed by atoms with E-state index in [1.54, 1.807) is 0 Å². The summed E-state index contributed by atoms with van der Waals surface area (Å²) in [4.78, 5) is 0. The zero-order chi connectivity index (χ0) is 20.8. The third kappa shape index (κ3) is 3.95. The van der Waals surface area contributed by atoms with Crippen LogP contribution in [0, 0.1) is 12.3 Å². The standard InChI is InChI=1S/C26H25.2ClH.Zr/c1-18-10-8-9-13-22(18)25-23(19-11-6-5-7-12-19)15-14-20-16-21(17-24(20)25)26(2,3)4;;;/h5-17H,1-4H3;2*1H;/q;;;+2/p-2. The summed E-state index contributed by atoms with van der Waals surface area (Å²) in [6.07, 6.45) is 2.39. The van der Waals surface area contributed by atoms with Crippen molar-refractivity contribution in [3.63, 3.8) is 0 Å². The van der Waals surface area contributed by atoms with E-state index < -0.39 is 19.4 Å². The molecule has 1 aliphatic carbocycles. The van der Waals surface area contributed by atoms with Crippen LogP contribution in [-0.4, -0.2) is 0 Å². The number of rotatable bonds is 3. The van der Waals surface area contributed by atoms with Gasteiger partial charge in [-0.3, -0.25) is 0 Å². The second-order valence-corrected chi connectivity index (χ2v) is 17.5. The van der Waals surface area contributed by atoms with Crippen molar-refractivity contribution >= 4 is 23.1 Å². The quantitative estimate of drug-likeness (QED) is 0.338. The summed E-state index contributed by atoms with van der Waals surface area (Å²) in [5.74, 6) is 0. The zero-order valence-corrected chi connectivity index (χ0v) is 21.2. The first-order chi connectivity index (χ1) is 13.8. The van der Waals surface area contributed by atoms with Crippen molar-refractivity contribution in [2.45, 2.75) is 31.3 Å². The van der Waals surface area contributed by atoms with Crippen LogP contribution in [0.4, 0.5) is 0 Å². The Bertz CT molecular complexity index is 1080. The second-order valence-electron chi connectivity index (χ2n) is 8.74. The first kappa shape index (κ1) is 21.1. The maximum atomic E-state index is 6.72. The van der Waals surface area contributed by atoms with Gasteiger partial charge in [-0.1, -0.05) is 0 Å². The fourth-order valence-electron chi connectivity index (χ4n) is 4.34. The Hall–Kier alpha value is -1.14. The van der Waals surface area contributed by atoms with Gasteiger partial charge in [-0.25, -0.2) is 0 Å². The molecule has 29 heavy (non-hydrogen) atoms. The molecule has 3 aromatic carbocycles. The first-order valence-electron chi connectivity index (χ1n) is 9.97. The van der Waals surface area contributed by atoms with Crippen molar-refractivity contribution < 1.29 is 19.4 Å². The molecule has 1 atom stereocenters. The van der Waals surface area contributed by atoms with E-state index in [2.05, 4.69) is 101 Å². The summed E-state index contributed by atoms with van der Waals surface area (Å²) in [7, 11) is 13.4. The molecule has 0 saturated heterocycles. The van der Waals surface area contributed by atoms with Gasteiger partial charge in [0.15, 0.2) is 0 Å². The molecular formula is C26H25Cl2Zr. The van der Waals surface area contributed by atoms with E-state index in [9.17, 15) is 0 Å². The molecule has 3 aromatic rings. The fourth-order valence-corrected chi connectivity index (χ4v) is 10.2. The summed E-state index contributed by atoms with van der Waals surface area (Å²) < 4.78 is 0.211. The predicted molar refractivity (Wildman–Crippen MR) is 124 cm³/mol. The van der Waals surface area contributed by atoms with Crippen LogP contribution in [0.1, 0.15) is 41.1 Å². The van der Waals surface area contributed by atoms with E-state index in [1.165, 1.54) is 44.5 Å². The minimum atomic E-state index is -2.57. The van der Waals surface area contributed by atoms with Gasteiger partial charge in [0.25, 0.3) is 0 Å². The summed E-state index contributed by atoms with van der Waals surface area (Å²) in [6, 6.07) is 23.8. The molecule has 3 heteroatoms. The van der Waals surface area contributed by atoms with Gasteiger partial charge in [-0.2, -0.15) is 0 Å². The normalized spacial score (nSPS) is 15.8. The molecule has 0 amide bonds. The monoisotopic (exact) mass is 497 g/mol. The van der Waals surface area contributed by atoms with Crippen molar-refractivity contribution in [2.24, 2.45) is 5.41 Å². The van der Waals surface area contributed by atoms with Crippen LogP contribution in [0.5, 0.6) is 0 Å². The van der Waals surface area contributed by atoms with Gasteiger partial charge in [0.05, 0.1) is 0 Å². The van der Waals surface area contributed by atoms with Gasteiger partial charge < -0.3 is 0 Å². The van der Waals surface area contributed by atoms with E-state index in [1.807, 2.05) is 0 Å². The molecule has 0 saturated carbocycles.